The van der Waals surface area contributed by atoms with Gasteiger partial charge in [-0.2, -0.15) is 0 Å². The van der Waals surface area contributed by atoms with Crippen LogP contribution in [0, 0.1) is 5.92 Å². The number of benzene rings is 1. The lowest BCUT2D eigenvalue weighted by Gasteiger charge is -2.35. The molecule has 0 bridgehead atoms. The summed E-state index contributed by atoms with van der Waals surface area (Å²) in [6.07, 6.45) is 7.57. The third-order valence-corrected chi connectivity index (χ3v) is 6.80. The highest BCUT2D eigenvalue weighted by atomic mass is 16.2. The van der Waals surface area contributed by atoms with E-state index in [9.17, 15) is 4.79 Å². The number of aromatic nitrogens is 1. The standard InChI is InChI=1S/C26H30N4O/c31-25(15-21-7-4-13-29(18-21)17-20-5-2-1-3-6-20)30-14-10-23-16-28-26(24(23)19-30)22-8-11-27-12-9-22/h1-3,5-6,8-9,11-12,21H,4,7,10,13-19H2/t21-/m0/s1. The SMILES string of the molecule is O=C(C[C@@H]1CCCN(Cc2ccccc2)C1)N1CCC2=C(C1)C(c1ccncc1)=NC2. The summed E-state index contributed by atoms with van der Waals surface area (Å²) in [4.78, 5) is 26.7. The summed E-state index contributed by atoms with van der Waals surface area (Å²) in [6.45, 7) is 5.45. The van der Waals surface area contributed by atoms with E-state index in [2.05, 4.69) is 45.1 Å². The van der Waals surface area contributed by atoms with Gasteiger partial charge in [0.05, 0.1) is 12.3 Å². The Morgan fingerprint density at radius 2 is 1.90 bits per heavy atom. The van der Waals surface area contributed by atoms with Crippen molar-refractivity contribution in [2.45, 2.75) is 32.2 Å². The zero-order chi connectivity index (χ0) is 21.0. The molecule has 1 saturated heterocycles. The first kappa shape index (κ1) is 20.1. The minimum absolute atomic E-state index is 0.305. The largest absolute Gasteiger partial charge is 0.338 e. The molecule has 1 fully saturated rings. The number of piperidine rings is 1. The van der Waals surface area contributed by atoms with E-state index in [1.165, 1.54) is 23.1 Å². The predicted molar refractivity (Wildman–Crippen MR) is 123 cm³/mol. The number of hydrogen-bond donors (Lipinski definition) is 0. The molecular weight excluding hydrogens is 384 g/mol. The van der Waals surface area contributed by atoms with Gasteiger partial charge in [0, 0.05) is 50.6 Å². The van der Waals surface area contributed by atoms with E-state index in [1.54, 1.807) is 0 Å². The number of rotatable bonds is 5. The van der Waals surface area contributed by atoms with Gasteiger partial charge in [-0.1, -0.05) is 30.3 Å². The second-order valence-electron chi connectivity index (χ2n) is 8.98. The van der Waals surface area contributed by atoms with Gasteiger partial charge in [-0.25, -0.2) is 0 Å². The predicted octanol–water partition coefficient (Wildman–Crippen LogP) is 3.72. The average molecular weight is 415 g/mol. The van der Waals surface area contributed by atoms with Crippen LogP contribution in [-0.2, 0) is 11.3 Å². The first-order chi connectivity index (χ1) is 15.3. The molecule has 1 atom stereocenters. The van der Waals surface area contributed by atoms with Crippen molar-refractivity contribution in [1.82, 2.24) is 14.8 Å². The van der Waals surface area contributed by atoms with Gasteiger partial charge in [0.15, 0.2) is 0 Å². The fourth-order valence-corrected chi connectivity index (χ4v) is 5.16. The van der Waals surface area contributed by atoms with Crippen molar-refractivity contribution < 1.29 is 4.79 Å². The molecule has 5 rings (SSSR count). The summed E-state index contributed by atoms with van der Waals surface area (Å²) in [5.74, 6) is 0.761. The molecule has 5 heteroatoms. The van der Waals surface area contributed by atoms with Crippen molar-refractivity contribution in [3.05, 3.63) is 77.1 Å². The lowest BCUT2D eigenvalue weighted by Crippen LogP contribution is -2.41. The second kappa shape index (κ2) is 9.15. The van der Waals surface area contributed by atoms with Crippen molar-refractivity contribution in [2.24, 2.45) is 10.9 Å². The van der Waals surface area contributed by atoms with Gasteiger partial charge in [0.1, 0.15) is 0 Å². The molecule has 31 heavy (non-hydrogen) atoms. The first-order valence-corrected chi connectivity index (χ1v) is 11.5. The summed E-state index contributed by atoms with van der Waals surface area (Å²) in [5.41, 5.74) is 6.19. The molecule has 0 N–H and O–H groups in total. The molecule has 0 aliphatic carbocycles. The third-order valence-electron chi connectivity index (χ3n) is 6.80. The molecule has 5 nitrogen and oxygen atoms in total. The highest BCUT2D eigenvalue weighted by molar-refractivity contribution is 6.15. The monoisotopic (exact) mass is 414 g/mol. The van der Waals surface area contributed by atoms with Gasteiger partial charge < -0.3 is 4.90 Å². The van der Waals surface area contributed by atoms with Crippen LogP contribution < -0.4 is 0 Å². The van der Waals surface area contributed by atoms with Crippen LogP contribution in [0.25, 0.3) is 0 Å². The molecule has 0 spiro atoms. The molecule has 2 aromatic rings. The van der Waals surface area contributed by atoms with E-state index in [0.29, 0.717) is 24.8 Å². The first-order valence-electron chi connectivity index (χ1n) is 11.5. The Labute approximate surface area is 184 Å². The number of pyridine rings is 1. The van der Waals surface area contributed by atoms with Gasteiger partial charge in [-0.15, -0.1) is 0 Å². The summed E-state index contributed by atoms with van der Waals surface area (Å²) in [5, 5.41) is 0. The Bertz CT molecular complexity index is 983. The Morgan fingerprint density at radius 1 is 1.06 bits per heavy atom. The maximum atomic E-state index is 13.2. The van der Waals surface area contributed by atoms with Crippen LogP contribution in [0.4, 0.5) is 0 Å². The summed E-state index contributed by atoms with van der Waals surface area (Å²) in [7, 11) is 0. The molecule has 1 aromatic carbocycles. The van der Waals surface area contributed by atoms with E-state index in [-0.39, 0.29) is 0 Å². The maximum absolute atomic E-state index is 13.2. The topological polar surface area (TPSA) is 48.8 Å². The molecule has 1 amide bonds. The zero-order valence-corrected chi connectivity index (χ0v) is 18.0. The van der Waals surface area contributed by atoms with E-state index in [1.807, 2.05) is 24.5 Å². The fourth-order valence-electron chi connectivity index (χ4n) is 5.16. The van der Waals surface area contributed by atoms with Crippen LogP contribution in [0.15, 0.2) is 71.0 Å². The van der Waals surface area contributed by atoms with E-state index in [4.69, 9.17) is 4.99 Å². The molecule has 3 aliphatic rings. The van der Waals surface area contributed by atoms with Crippen LogP contribution in [0.3, 0.4) is 0 Å². The van der Waals surface area contributed by atoms with Gasteiger partial charge in [-0.05, 0) is 60.6 Å². The number of aliphatic imine (C=N–C) groups is 1. The molecule has 0 radical (unpaired) electrons. The molecule has 4 heterocycles. The lowest BCUT2D eigenvalue weighted by molar-refractivity contribution is -0.132. The molecular formula is C26H30N4O. The number of nitrogens with zero attached hydrogens (tertiary/aromatic N) is 4. The van der Waals surface area contributed by atoms with E-state index < -0.39 is 0 Å². The summed E-state index contributed by atoms with van der Waals surface area (Å²) >= 11 is 0. The summed E-state index contributed by atoms with van der Waals surface area (Å²) < 4.78 is 0. The Kier molecular flexibility index (Phi) is 5.94. The molecule has 160 valence electrons. The van der Waals surface area contributed by atoms with Crippen molar-refractivity contribution in [1.29, 1.82) is 0 Å². The van der Waals surface area contributed by atoms with Crippen molar-refractivity contribution in [3.8, 4) is 0 Å². The molecule has 0 saturated carbocycles. The number of carbonyl (C=O) groups excluding carboxylic acids is 1. The number of carbonyl (C=O) groups is 1. The number of hydrogen-bond acceptors (Lipinski definition) is 4. The number of amides is 1. The maximum Gasteiger partial charge on any atom is 0.223 e. The molecule has 0 unspecified atom stereocenters. The number of likely N-dealkylation sites (tertiary alicyclic amines) is 1. The van der Waals surface area contributed by atoms with Crippen LogP contribution >= 0.6 is 0 Å². The molecule has 1 aromatic heterocycles. The Morgan fingerprint density at radius 3 is 2.74 bits per heavy atom. The van der Waals surface area contributed by atoms with Crippen molar-refractivity contribution in [2.75, 3.05) is 32.7 Å². The van der Waals surface area contributed by atoms with Gasteiger partial charge in [0.25, 0.3) is 0 Å². The fraction of sp³-hybridized carbons (Fsp3) is 0.423. The van der Waals surface area contributed by atoms with E-state index in [0.717, 1.165) is 56.8 Å². The van der Waals surface area contributed by atoms with Gasteiger partial charge >= 0.3 is 0 Å². The highest BCUT2D eigenvalue weighted by Crippen LogP contribution is 2.29. The zero-order valence-electron chi connectivity index (χ0n) is 18.0. The third kappa shape index (κ3) is 4.62. The lowest BCUT2D eigenvalue weighted by atomic mass is 9.92. The van der Waals surface area contributed by atoms with Crippen molar-refractivity contribution >= 4 is 11.6 Å². The van der Waals surface area contributed by atoms with Gasteiger partial charge in [0.2, 0.25) is 5.91 Å². The smallest absolute Gasteiger partial charge is 0.223 e. The van der Waals surface area contributed by atoms with Crippen molar-refractivity contribution in [3.63, 3.8) is 0 Å². The molecule has 3 aliphatic heterocycles. The van der Waals surface area contributed by atoms with Crippen LogP contribution in [-0.4, -0.2) is 59.1 Å². The minimum atomic E-state index is 0.305. The normalized spacial score (nSPS) is 21.7. The Hall–Kier alpha value is -2.79. The minimum Gasteiger partial charge on any atom is -0.338 e. The average Bonchev–Trinajstić information content (AvgIpc) is 3.24. The van der Waals surface area contributed by atoms with Crippen LogP contribution in [0.1, 0.15) is 36.8 Å². The highest BCUT2D eigenvalue weighted by Gasteiger charge is 2.31. The summed E-state index contributed by atoms with van der Waals surface area (Å²) in [6, 6.07) is 14.7. The van der Waals surface area contributed by atoms with E-state index >= 15 is 0 Å². The second-order valence-corrected chi connectivity index (χ2v) is 8.98. The van der Waals surface area contributed by atoms with Gasteiger partial charge in [-0.3, -0.25) is 19.7 Å². The Balaban J connectivity index is 1.19. The van der Waals surface area contributed by atoms with Crippen LogP contribution in [0.2, 0.25) is 0 Å². The van der Waals surface area contributed by atoms with Crippen LogP contribution in [0.5, 0.6) is 0 Å². The quantitative estimate of drug-likeness (QED) is 0.749.